The molecule has 0 unspecified atom stereocenters. The minimum Gasteiger partial charge on any atom is -0.497 e. The van der Waals surface area contributed by atoms with E-state index in [1.807, 2.05) is 53.1 Å². The largest absolute Gasteiger partial charge is 0.497 e. The molecule has 0 radical (unpaired) electrons. The predicted molar refractivity (Wildman–Crippen MR) is 127 cm³/mol. The molecule has 1 fully saturated rings. The van der Waals surface area contributed by atoms with Crippen molar-refractivity contribution in [2.24, 2.45) is 11.5 Å². The van der Waals surface area contributed by atoms with Crippen molar-refractivity contribution in [3.05, 3.63) is 65.4 Å². The molecule has 1 heterocycles. The highest BCUT2D eigenvalue weighted by atomic mass is 16.5. The van der Waals surface area contributed by atoms with E-state index >= 15 is 0 Å². The van der Waals surface area contributed by atoms with Crippen molar-refractivity contribution in [1.82, 2.24) is 9.88 Å². The Balaban J connectivity index is 1.62. The highest BCUT2D eigenvalue weighted by Crippen LogP contribution is 2.24. The molecule has 7 nitrogen and oxygen atoms in total. The lowest BCUT2D eigenvalue weighted by Gasteiger charge is -2.27. The summed E-state index contributed by atoms with van der Waals surface area (Å²) in [4.78, 5) is 13.3. The summed E-state index contributed by atoms with van der Waals surface area (Å²) < 4.78 is 7.28. The number of hydrogen-bond donors (Lipinski definition) is 4. The van der Waals surface area contributed by atoms with E-state index in [0.717, 1.165) is 54.3 Å². The van der Waals surface area contributed by atoms with Crippen LogP contribution in [-0.2, 0) is 13.0 Å². The Morgan fingerprint density at radius 1 is 1.12 bits per heavy atom. The average molecular weight is 434 g/mol. The number of rotatable bonds is 7. The number of methoxy groups -OCH3 is 1. The van der Waals surface area contributed by atoms with E-state index in [9.17, 15) is 4.79 Å². The van der Waals surface area contributed by atoms with E-state index in [1.165, 1.54) is 0 Å². The van der Waals surface area contributed by atoms with Gasteiger partial charge in [0.15, 0.2) is 0 Å². The monoisotopic (exact) mass is 433 g/mol. The number of nitrogens with two attached hydrogens (primary N) is 2. The van der Waals surface area contributed by atoms with Crippen molar-refractivity contribution in [1.29, 1.82) is 5.41 Å². The van der Waals surface area contributed by atoms with Crippen molar-refractivity contribution >= 4 is 22.6 Å². The molecule has 6 N–H and O–H groups in total. The lowest BCUT2D eigenvalue weighted by atomic mass is 9.92. The van der Waals surface area contributed by atoms with E-state index in [2.05, 4.69) is 5.32 Å². The number of fused-ring (bicyclic) bond motifs is 1. The molecule has 0 bridgehead atoms. The first-order valence-corrected chi connectivity index (χ1v) is 11.1. The van der Waals surface area contributed by atoms with Crippen LogP contribution >= 0.6 is 0 Å². The van der Waals surface area contributed by atoms with Crippen LogP contribution in [0.25, 0.3) is 10.9 Å². The van der Waals surface area contributed by atoms with Gasteiger partial charge >= 0.3 is 0 Å². The van der Waals surface area contributed by atoms with E-state index < -0.39 is 0 Å². The van der Waals surface area contributed by atoms with Crippen molar-refractivity contribution in [2.75, 3.05) is 7.11 Å². The molecule has 0 spiro atoms. The Hall–Kier alpha value is -3.32. The van der Waals surface area contributed by atoms with Crippen LogP contribution in [0.15, 0.2) is 48.5 Å². The number of aryl methyl sites for hydroxylation is 2. The van der Waals surface area contributed by atoms with E-state index in [0.29, 0.717) is 17.8 Å². The first-order valence-electron chi connectivity index (χ1n) is 11.1. The summed E-state index contributed by atoms with van der Waals surface area (Å²) in [5.74, 6) is 0.763. The fourth-order valence-electron chi connectivity index (χ4n) is 4.41. The molecule has 1 aliphatic carbocycles. The normalized spacial score (nSPS) is 18.4. The topological polar surface area (TPSA) is 119 Å². The van der Waals surface area contributed by atoms with Gasteiger partial charge in [-0.3, -0.25) is 10.2 Å². The highest BCUT2D eigenvalue weighted by Gasteiger charge is 2.23. The smallest absolute Gasteiger partial charge is 0.268 e. The van der Waals surface area contributed by atoms with Gasteiger partial charge in [-0.05, 0) is 61.9 Å². The molecule has 3 aromatic rings. The molecular formula is C25H31N5O2. The van der Waals surface area contributed by atoms with Gasteiger partial charge in [-0.1, -0.05) is 24.3 Å². The number of hydrogen-bond acceptors (Lipinski definition) is 4. The third kappa shape index (κ3) is 4.78. The SMILES string of the molecule is COc1ccc(CCn2c(C(=O)N[C@H]3CC[C@H](N)CC3)cc3ccc(C(=N)N)cc32)cc1. The summed E-state index contributed by atoms with van der Waals surface area (Å²) in [5, 5.41) is 12.0. The summed E-state index contributed by atoms with van der Waals surface area (Å²) in [6.07, 6.45) is 4.46. The second-order valence-electron chi connectivity index (χ2n) is 8.55. The fraction of sp³-hybridized carbons (Fsp3) is 0.360. The number of carbonyl (C=O) groups excluding carboxylic acids is 1. The zero-order chi connectivity index (χ0) is 22.7. The Morgan fingerprint density at radius 2 is 1.84 bits per heavy atom. The third-order valence-corrected chi connectivity index (χ3v) is 6.34. The number of benzene rings is 2. The molecule has 0 aliphatic heterocycles. The zero-order valence-corrected chi connectivity index (χ0v) is 18.4. The Kier molecular flexibility index (Phi) is 6.46. The molecule has 1 aromatic heterocycles. The number of amidine groups is 1. The first-order chi connectivity index (χ1) is 15.4. The first kappa shape index (κ1) is 21.9. The minimum absolute atomic E-state index is 0.0133. The Bertz CT molecular complexity index is 1110. The van der Waals surface area contributed by atoms with Crippen LogP contribution in [0.4, 0.5) is 0 Å². The lowest BCUT2D eigenvalue weighted by molar-refractivity contribution is 0.0917. The molecule has 7 heteroatoms. The van der Waals surface area contributed by atoms with Crippen LogP contribution in [0.1, 0.15) is 47.3 Å². The number of ether oxygens (including phenoxy) is 1. The van der Waals surface area contributed by atoms with Gasteiger partial charge < -0.3 is 26.1 Å². The summed E-state index contributed by atoms with van der Waals surface area (Å²) >= 11 is 0. The number of nitrogen functional groups attached to an aromatic ring is 1. The Labute approximate surface area is 188 Å². The zero-order valence-electron chi connectivity index (χ0n) is 18.4. The molecule has 1 aliphatic rings. The standard InChI is InChI=1S/C25H31N5O2/c1-32-21-10-2-16(3-11-21)12-13-30-22-15-18(24(27)28)5-4-17(22)14-23(30)25(31)29-20-8-6-19(26)7-9-20/h2-5,10-11,14-15,19-20H,6-9,12-13,26H2,1H3,(H3,27,28)(H,29,31)/t19-,20-. The van der Waals surface area contributed by atoms with Crippen molar-refractivity contribution in [3.63, 3.8) is 0 Å². The summed E-state index contributed by atoms with van der Waals surface area (Å²) in [6.45, 7) is 0.634. The van der Waals surface area contributed by atoms with Crippen LogP contribution < -0.4 is 21.5 Å². The number of nitrogens with zero attached hydrogens (tertiary/aromatic N) is 1. The van der Waals surface area contributed by atoms with Crippen molar-refractivity contribution < 1.29 is 9.53 Å². The van der Waals surface area contributed by atoms with Crippen LogP contribution in [0.2, 0.25) is 0 Å². The van der Waals surface area contributed by atoms with Gasteiger partial charge in [0.1, 0.15) is 17.3 Å². The molecule has 2 aromatic carbocycles. The van der Waals surface area contributed by atoms with Crippen LogP contribution in [0.3, 0.4) is 0 Å². The van der Waals surface area contributed by atoms with Crippen LogP contribution in [0, 0.1) is 5.41 Å². The predicted octanol–water partition coefficient (Wildman–Crippen LogP) is 3.18. The lowest BCUT2D eigenvalue weighted by Crippen LogP contribution is -2.41. The van der Waals surface area contributed by atoms with Crippen molar-refractivity contribution in [3.8, 4) is 5.75 Å². The van der Waals surface area contributed by atoms with Gasteiger partial charge in [-0.2, -0.15) is 0 Å². The van der Waals surface area contributed by atoms with Crippen LogP contribution in [0.5, 0.6) is 5.75 Å². The van der Waals surface area contributed by atoms with Gasteiger partial charge in [-0.15, -0.1) is 0 Å². The number of aromatic nitrogens is 1. The van der Waals surface area contributed by atoms with E-state index in [4.69, 9.17) is 21.6 Å². The highest BCUT2D eigenvalue weighted by molar-refractivity contribution is 6.02. The maximum atomic E-state index is 13.3. The second-order valence-corrected chi connectivity index (χ2v) is 8.55. The summed E-state index contributed by atoms with van der Waals surface area (Å²) in [5.41, 5.74) is 15.1. The molecular weight excluding hydrogens is 402 g/mol. The van der Waals surface area contributed by atoms with Gasteiger partial charge in [0.2, 0.25) is 0 Å². The van der Waals surface area contributed by atoms with Crippen molar-refractivity contribution in [2.45, 2.75) is 50.7 Å². The fourth-order valence-corrected chi connectivity index (χ4v) is 4.41. The van der Waals surface area contributed by atoms with Gasteiger partial charge in [0.05, 0.1) is 7.11 Å². The van der Waals surface area contributed by atoms with E-state index in [-0.39, 0.29) is 23.8 Å². The van der Waals surface area contributed by atoms with Gasteiger partial charge in [0, 0.05) is 35.1 Å². The summed E-state index contributed by atoms with van der Waals surface area (Å²) in [7, 11) is 1.65. The molecule has 32 heavy (non-hydrogen) atoms. The maximum Gasteiger partial charge on any atom is 0.268 e. The minimum atomic E-state index is -0.0687. The Morgan fingerprint density at radius 3 is 2.50 bits per heavy atom. The maximum absolute atomic E-state index is 13.3. The van der Waals surface area contributed by atoms with Gasteiger partial charge in [0.25, 0.3) is 5.91 Å². The second kappa shape index (κ2) is 9.44. The molecule has 4 rings (SSSR count). The molecule has 0 atom stereocenters. The number of amides is 1. The molecule has 0 saturated heterocycles. The third-order valence-electron chi connectivity index (χ3n) is 6.34. The van der Waals surface area contributed by atoms with Crippen LogP contribution in [-0.4, -0.2) is 35.5 Å². The number of nitrogens with one attached hydrogen (secondary N) is 2. The molecule has 168 valence electrons. The number of carbonyl (C=O) groups is 1. The quantitative estimate of drug-likeness (QED) is 0.338. The molecule has 1 saturated carbocycles. The van der Waals surface area contributed by atoms with Gasteiger partial charge in [-0.25, -0.2) is 0 Å². The summed E-state index contributed by atoms with van der Waals surface area (Å²) in [6, 6.07) is 15.9. The average Bonchev–Trinajstić information content (AvgIpc) is 3.17. The van der Waals surface area contributed by atoms with E-state index in [1.54, 1.807) is 7.11 Å². The molecule has 1 amide bonds.